The summed E-state index contributed by atoms with van der Waals surface area (Å²) in [4.78, 5) is 15.7. The summed E-state index contributed by atoms with van der Waals surface area (Å²) in [6, 6.07) is 15.9. The molecule has 0 atom stereocenters. The molecular weight excluding hydrogens is 331 g/mol. The van der Waals surface area contributed by atoms with Crippen molar-refractivity contribution in [3.05, 3.63) is 76.3 Å². The molecule has 132 valence electrons. The Bertz CT molecular complexity index is 963. The van der Waals surface area contributed by atoms with E-state index < -0.39 is 0 Å². The van der Waals surface area contributed by atoms with Crippen molar-refractivity contribution in [1.29, 1.82) is 0 Å². The highest BCUT2D eigenvalue weighted by molar-refractivity contribution is 5.73. The third kappa shape index (κ3) is 3.23. The first-order valence-electron chi connectivity index (χ1n) is 8.51. The molecule has 0 aliphatic carbocycles. The van der Waals surface area contributed by atoms with E-state index in [9.17, 15) is 9.18 Å². The predicted octanol–water partition coefficient (Wildman–Crippen LogP) is 3.16. The van der Waals surface area contributed by atoms with Gasteiger partial charge >= 0.3 is 0 Å². The van der Waals surface area contributed by atoms with Gasteiger partial charge in [-0.15, -0.1) is 0 Å². The summed E-state index contributed by atoms with van der Waals surface area (Å²) in [5.41, 5.74) is 4.64. The van der Waals surface area contributed by atoms with Crippen LogP contribution in [0, 0.1) is 5.82 Å². The van der Waals surface area contributed by atoms with Crippen molar-refractivity contribution >= 4 is 11.4 Å². The van der Waals surface area contributed by atoms with Crippen molar-refractivity contribution in [3.8, 4) is 11.3 Å². The molecule has 0 bridgehead atoms. The van der Waals surface area contributed by atoms with Crippen LogP contribution in [0.5, 0.6) is 0 Å². The number of benzene rings is 2. The van der Waals surface area contributed by atoms with Gasteiger partial charge in [0.25, 0.3) is 5.56 Å². The molecule has 3 aromatic rings. The maximum absolute atomic E-state index is 13.3. The summed E-state index contributed by atoms with van der Waals surface area (Å²) < 4.78 is 13.3. The van der Waals surface area contributed by atoms with Crippen LogP contribution in [-0.4, -0.2) is 35.2 Å². The topological polar surface area (TPSA) is 52.2 Å². The molecule has 26 heavy (non-hydrogen) atoms. The average molecular weight is 350 g/mol. The van der Waals surface area contributed by atoms with E-state index in [0.29, 0.717) is 5.69 Å². The molecule has 0 radical (unpaired) electrons. The van der Waals surface area contributed by atoms with Crippen LogP contribution < -0.4 is 10.5 Å². The zero-order valence-corrected chi connectivity index (χ0v) is 14.4. The van der Waals surface area contributed by atoms with E-state index in [-0.39, 0.29) is 11.4 Å². The Balaban J connectivity index is 1.81. The lowest BCUT2D eigenvalue weighted by Crippen LogP contribution is -2.26. The minimum absolute atomic E-state index is 0.224. The second-order valence-corrected chi connectivity index (χ2v) is 6.52. The van der Waals surface area contributed by atoms with Gasteiger partial charge in [-0.25, -0.2) is 9.49 Å². The fourth-order valence-electron chi connectivity index (χ4n) is 3.26. The van der Waals surface area contributed by atoms with Crippen LogP contribution in [-0.2, 0) is 6.54 Å². The molecule has 0 saturated heterocycles. The van der Waals surface area contributed by atoms with E-state index in [0.717, 1.165) is 36.6 Å². The number of H-pyrrole nitrogens is 1. The maximum atomic E-state index is 13.3. The maximum Gasteiger partial charge on any atom is 0.264 e. The Kier molecular flexibility index (Phi) is 4.26. The van der Waals surface area contributed by atoms with Crippen molar-refractivity contribution in [3.63, 3.8) is 0 Å². The number of rotatable bonds is 2. The summed E-state index contributed by atoms with van der Waals surface area (Å²) in [6.45, 7) is 2.54. The molecule has 0 saturated carbocycles. The first-order valence-corrected chi connectivity index (χ1v) is 8.51. The molecule has 1 aromatic heterocycles. The minimum atomic E-state index is -0.243. The van der Waals surface area contributed by atoms with Crippen LogP contribution in [0.3, 0.4) is 0 Å². The van der Waals surface area contributed by atoms with Crippen LogP contribution in [0.4, 0.5) is 15.8 Å². The second kappa shape index (κ2) is 6.72. The Morgan fingerprint density at radius 3 is 2.58 bits per heavy atom. The quantitative estimate of drug-likeness (QED) is 0.771. The number of aromatic amines is 1. The highest BCUT2D eigenvalue weighted by Gasteiger charge is 2.20. The van der Waals surface area contributed by atoms with Crippen molar-refractivity contribution in [2.24, 2.45) is 0 Å². The van der Waals surface area contributed by atoms with Gasteiger partial charge < -0.3 is 9.80 Å². The predicted molar refractivity (Wildman–Crippen MR) is 100 cm³/mol. The van der Waals surface area contributed by atoms with Crippen molar-refractivity contribution in [2.45, 2.75) is 6.54 Å². The van der Waals surface area contributed by atoms with Gasteiger partial charge in [-0.3, -0.25) is 4.79 Å². The highest BCUT2D eigenvalue weighted by atomic mass is 19.1. The van der Waals surface area contributed by atoms with E-state index in [2.05, 4.69) is 39.2 Å². The largest absolute Gasteiger partial charge is 0.340 e. The molecule has 0 amide bonds. The number of anilines is 2. The van der Waals surface area contributed by atoms with Crippen LogP contribution in [0.15, 0.2) is 59.4 Å². The number of aromatic nitrogens is 2. The summed E-state index contributed by atoms with van der Waals surface area (Å²) in [6.07, 6.45) is 0. The molecule has 1 N–H and O–H groups in total. The molecule has 0 fully saturated rings. The van der Waals surface area contributed by atoms with E-state index in [4.69, 9.17) is 0 Å². The second-order valence-electron chi connectivity index (χ2n) is 6.52. The van der Waals surface area contributed by atoms with Gasteiger partial charge in [0.2, 0.25) is 0 Å². The number of likely N-dealkylation sites (N-methyl/N-ethyl adjacent to an activating group) is 1. The Hall–Kier alpha value is -2.99. The smallest absolute Gasteiger partial charge is 0.264 e. The van der Waals surface area contributed by atoms with E-state index in [1.54, 1.807) is 18.2 Å². The van der Waals surface area contributed by atoms with E-state index in [1.165, 1.54) is 23.8 Å². The first-order chi connectivity index (χ1) is 12.6. The molecule has 4 rings (SSSR count). The fraction of sp³-hybridized carbons (Fsp3) is 0.200. The lowest BCUT2D eigenvalue weighted by atomic mass is 10.0. The average Bonchev–Trinajstić information content (AvgIpc) is 2.81. The SMILES string of the molecule is CN1CCN(c2ccc(F)cc2)c2cc(-c3ccc(=O)[nH]n3)ccc2C1. The Morgan fingerprint density at radius 2 is 1.85 bits per heavy atom. The fourth-order valence-corrected chi connectivity index (χ4v) is 3.26. The van der Waals surface area contributed by atoms with Gasteiger partial charge in [-0.05, 0) is 49.0 Å². The van der Waals surface area contributed by atoms with Crippen molar-refractivity contribution < 1.29 is 4.39 Å². The van der Waals surface area contributed by atoms with Gasteiger partial charge in [-0.1, -0.05) is 12.1 Å². The van der Waals surface area contributed by atoms with Crippen LogP contribution in [0.2, 0.25) is 0 Å². The molecule has 5 nitrogen and oxygen atoms in total. The molecule has 2 heterocycles. The van der Waals surface area contributed by atoms with Gasteiger partial charge in [0, 0.05) is 42.6 Å². The monoisotopic (exact) mass is 350 g/mol. The lowest BCUT2D eigenvalue weighted by Gasteiger charge is -2.25. The molecule has 0 unspecified atom stereocenters. The normalized spacial score (nSPS) is 14.8. The van der Waals surface area contributed by atoms with Crippen molar-refractivity contribution in [1.82, 2.24) is 15.1 Å². The first kappa shape index (κ1) is 16.5. The molecular formula is C20H19FN4O. The Morgan fingerprint density at radius 1 is 1.04 bits per heavy atom. The van der Waals surface area contributed by atoms with Gasteiger partial charge in [0.05, 0.1) is 5.69 Å². The number of nitrogens with one attached hydrogen (secondary N) is 1. The standard InChI is InChI=1S/C20H19FN4O/c1-24-10-11-25(17-6-4-16(21)5-7-17)19-12-14(2-3-15(19)13-24)18-8-9-20(26)23-22-18/h2-9,12H,10-11,13H2,1H3,(H,23,26). The number of halogens is 1. The zero-order chi connectivity index (χ0) is 18.1. The highest BCUT2D eigenvalue weighted by Crippen LogP contribution is 2.34. The summed E-state index contributed by atoms with van der Waals surface area (Å²) >= 11 is 0. The number of hydrogen-bond donors (Lipinski definition) is 1. The molecule has 1 aliphatic heterocycles. The van der Waals surface area contributed by atoms with E-state index >= 15 is 0 Å². The Labute approximate surface area is 150 Å². The summed E-state index contributed by atoms with van der Waals surface area (Å²) in [5.74, 6) is -0.243. The molecule has 0 spiro atoms. The van der Waals surface area contributed by atoms with Crippen molar-refractivity contribution in [2.75, 3.05) is 25.0 Å². The number of nitrogens with zero attached hydrogens (tertiary/aromatic N) is 3. The minimum Gasteiger partial charge on any atom is -0.340 e. The van der Waals surface area contributed by atoms with Crippen LogP contribution >= 0.6 is 0 Å². The van der Waals surface area contributed by atoms with Gasteiger partial charge in [-0.2, -0.15) is 5.10 Å². The summed E-state index contributed by atoms with van der Waals surface area (Å²) in [7, 11) is 2.09. The number of fused-ring (bicyclic) bond motifs is 1. The molecule has 6 heteroatoms. The summed E-state index contributed by atoms with van der Waals surface area (Å²) in [5, 5.41) is 6.61. The van der Waals surface area contributed by atoms with Crippen LogP contribution in [0.25, 0.3) is 11.3 Å². The van der Waals surface area contributed by atoms with E-state index in [1.807, 2.05) is 6.07 Å². The van der Waals surface area contributed by atoms with Gasteiger partial charge in [0.1, 0.15) is 5.82 Å². The lowest BCUT2D eigenvalue weighted by molar-refractivity contribution is 0.343. The number of hydrogen-bond acceptors (Lipinski definition) is 4. The zero-order valence-electron chi connectivity index (χ0n) is 14.4. The third-order valence-electron chi connectivity index (χ3n) is 4.63. The van der Waals surface area contributed by atoms with Crippen LogP contribution in [0.1, 0.15) is 5.56 Å². The molecule has 2 aromatic carbocycles. The molecule has 1 aliphatic rings. The van der Waals surface area contributed by atoms with Gasteiger partial charge in [0.15, 0.2) is 0 Å². The third-order valence-corrected chi connectivity index (χ3v) is 4.63.